The van der Waals surface area contributed by atoms with Gasteiger partial charge in [-0.05, 0) is 223 Å². The van der Waals surface area contributed by atoms with Gasteiger partial charge in [0.15, 0.2) is 5.78 Å². The molecule has 462 valence electrons. The number of rotatable bonds is 18. The largest absolute Gasteiger partial charge is 0.508 e. The number of ketones is 1. The summed E-state index contributed by atoms with van der Waals surface area (Å²) < 4.78 is 57.1. The predicted molar refractivity (Wildman–Crippen MR) is 341 cm³/mol. The standard InChI is InChI=1S/C15H20O3.C15H18O3.C14H18O3.C11H12O2.C8H17O5P.BBr3/c2*1-3-18-15(16)10-12-6-4-5-11-9-13(17-2)7-8-14(11)12;1-2-17-14(16)9-11-5-3-4-10-8-12(15)6-7-13(10)11;1-13-9-5-6-10-8(7-9)3-2-4-11(10)12;1-4-11-8(9)7-14(10,12-5-2)13-6-3;2-1(3)4/h7-9,12H,3-6,10H2,1-2H3;7-10H,3-6H2,1-2H3;6-8,11,15H,2-5,9H2,1H3;5-7H,2-4H2,1H3;4-7H2,1-3H3;/b;12-10+;;;;. The van der Waals surface area contributed by atoms with E-state index >= 15 is 0 Å². The number of aryl methyl sites for hydroxylation is 4. The van der Waals surface area contributed by atoms with Crippen molar-refractivity contribution < 1.29 is 75.8 Å². The summed E-state index contributed by atoms with van der Waals surface area (Å²) in [5.74, 6) is 2.70. The van der Waals surface area contributed by atoms with Crippen molar-refractivity contribution in [1.82, 2.24) is 0 Å². The van der Waals surface area contributed by atoms with Gasteiger partial charge in [0.2, 0.25) is 0 Å². The lowest BCUT2D eigenvalue weighted by molar-refractivity contribution is -0.144. The minimum Gasteiger partial charge on any atom is -0.508 e. The Morgan fingerprint density at radius 3 is 1.44 bits per heavy atom. The number of methoxy groups -OCH3 is 3. The van der Waals surface area contributed by atoms with Crippen LogP contribution in [0.15, 0.2) is 78.9 Å². The van der Waals surface area contributed by atoms with Crippen LogP contribution < -0.4 is 14.2 Å². The van der Waals surface area contributed by atoms with E-state index in [1.807, 2.05) is 75.4 Å². The average molecular weight is 1380 g/mol. The van der Waals surface area contributed by atoms with E-state index in [-0.39, 0.29) is 58.8 Å². The fourth-order valence-electron chi connectivity index (χ4n) is 10.1. The molecule has 4 aliphatic carbocycles. The van der Waals surface area contributed by atoms with Gasteiger partial charge in [0, 0.05) is 18.1 Å². The van der Waals surface area contributed by atoms with Crippen LogP contribution in [-0.4, -0.2) is 105 Å². The van der Waals surface area contributed by atoms with Crippen molar-refractivity contribution in [2.24, 2.45) is 0 Å². The molecule has 21 heteroatoms. The summed E-state index contributed by atoms with van der Waals surface area (Å²) in [7, 11) is 1.71. The van der Waals surface area contributed by atoms with Crippen molar-refractivity contribution in [1.29, 1.82) is 0 Å². The number of phenols is 1. The number of Topliss-reactive ketones (excluding diaryl/α,β-unsaturated/α-hetero) is 1. The maximum atomic E-state index is 11.8. The van der Waals surface area contributed by atoms with E-state index in [2.05, 4.69) is 64.1 Å². The third-order valence-electron chi connectivity index (χ3n) is 13.7. The van der Waals surface area contributed by atoms with Crippen LogP contribution in [0.3, 0.4) is 0 Å². The molecule has 1 N–H and O–H groups in total. The second-order valence-corrected chi connectivity index (χ2v) is 27.9. The molecule has 0 spiro atoms. The van der Waals surface area contributed by atoms with Crippen molar-refractivity contribution in [3.8, 4) is 23.0 Å². The van der Waals surface area contributed by atoms with Gasteiger partial charge in [-0.3, -0.25) is 23.7 Å². The lowest BCUT2D eigenvalue weighted by Crippen LogP contribution is -2.15. The molecule has 0 aromatic heterocycles. The van der Waals surface area contributed by atoms with Crippen LogP contribution in [0.5, 0.6) is 23.0 Å². The molecule has 16 nitrogen and oxygen atoms in total. The van der Waals surface area contributed by atoms with Gasteiger partial charge in [-0.25, -0.2) is 4.79 Å². The Labute approximate surface area is 522 Å². The Morgan fingerprint density at radius 2 is 0.952 bits per heavy atom. The van der Waals surface area contributed by atoms with Crippen LogP contribution in [0.4, 0.5) is 0 Å². The van der Waals surface area contributed by atoms with Crippen LogP contribution in [-0.2, 0) is 77.4 Å². The van der Waals surface area contributed by atoms with Crippen LogP contribution in [0.25, 0.3) is 5.57 Å². The Balaban J connectivity index is 0.000000272. The monoisotopic (exact) mass is 1380 g/mol. The van der Waals surface area contributed by atoms with Gasteiger partial charge in [0.1, 0.15) is 29.2 Å². The fourth-order valence-corrected chi connectivity index (χ4v) is 11.6. The second kappa shape index (κ2) is 40.4. The summed E-state index contributed by atoms with van der Waals surface area (Å²) in [6.45, 7) is 12.6. The number of hydrogen-bond acceptors (Lipinski definition) is 16. The van der Waals surface area contributed by atoms with Gasteiger partial charge in [-0.1, -0.05) is 18.2 Å². The van der Waals surface area contributed by atoms with Gasteiger partial charge in [-0.15, -0.1) is 47.3 Å². The first-order valence-electron chi connectivity index (χ1n) is 28.8. The first-order valence-corrected chi connectivity index (χ1v) is 33.3. The Bertz CT molecular complexity index is 2780. The SMILES string of the molecule is BrB(Br)Br.CCOC(=O)/C=C1\CCCc2cc(OC)ccc21.CCOC(=O)CC1CCCc2cc(O)ccc21.CCOC(=O)CC1CCCc2cc(OC)ccc21.CCOC(=O)CP(=O)(OCC)OCC.COc1ccc2c(c1)CCCC2=O. The number of benzene rings is 4. The molecular formula is C63H85BBr3O16P. The first kappa shape index (κ1) is 73.3. The average Bonchev–Trinajstić information content (AvgIpc) is 3.52. The molecule has 4 aromatic carbocycles. The molecule has 0 saturated carbocycles. The summed E-state index contributed by atoms with van der Waals surface area (Å²) in [4.78, 5) is 57.1. The number of phenolic OH excluding ortho intramolecular Hbond substituents is 1. The minimum absolute atomic E-state index is 0.0915. The summed E-state index contributed by atoms with van der Waals surface area (Å²) in [5, 5.41) is 9.45. The number of halogens is 3. The molecule has 0 heterocycles. The van der Waals surface area contributed by atoms with E-state index in [1.165, 1.54) is 27.8 Å². The highest BCUT2D eigenvalue weighted by atomic mass is 79.9. The van der Waals surface area contributed by atoms with E-state index < -0.39 is 13.6 Å². The summed E-state index contributed by atoms with van der Waals surface area (Å²) in [6, 6.07) is 23.3. The summed E-state index contributed by atoms with van der Waals surface area (Å²) >= 11 is 9.31. The molecular weight excluding hydrogens is 1290 g/mol. The highest BCUT2D eigenvalue weighted by molar-refractivity contribution is 9.69. The molecule has 4 aliphatic rings. The zero-order chi connectivity index (χ0) is 62.0. The maximum Gasteiger partial charge on any atom is 0.369 e. The van der Waals surface area contributed by atoms with Gasteiger partial charge in [0.05, 0.1) is 73.8 Å². The lowest BCUT2D eigenvalue weighted by Gasteiger charge is -2.25. The molecule has 84 heavy (non-hydrogen) atoms. The number of allylic oxidation sites excluding steroid dienone is 1. The third kappa shape index (κ3) is 26.3. The molecule has 2 atom stereocenters. The zero-order valence-electron chi connectivity index (χ0n) is 50.2. The number of esters is 4. The van der Waals surface area contributed by atoms with Crippen LogP contribution >= 0.6 is 54.9 Å². The molecule has 2 unspecified atom stereocenters. The van der Waals surface area contributed by atoms with E-state index in [9.17, 15) is 33.6 Å². The molecule has 0 radical (unpaired) electrons. The predicted octanol–water partition coefficient (Wildman–Crippen LogP) is 15.0. The van der Waals surface area contributed by atoms with Crippen molar-refractivity contribution >= 4 is 93.3 Å². The summed E-state index contributed by atoms with van der Waals surface area (Å²) in [5.41, 5.74) is 10.4. The molecule has 8 rings (SSSR count). The number of ether oxygens (including phenoxy) is 7. The molecule has 0 amide bonds. The number of carbonyl (C=O) groups is 5. The van der Waals surface area contributed by atoms with E-state index in [0.29, 0.717) is 50.8 Å². The molecule has 0 aliphatic heterocycles. The van der Waals surface area contributed by atoms with Crippen molar-refractivity contribution in [3.05, 3.63) is 123 Å². The molecule has 0 saturated heterocycles. The highest BCUT2D eigenvalue weighted by Gasteiger charge is 2.29. The zero-order valence-corrected chi connectivity index (χ0v) is 55.9. The van der Waals surface area contributed by atoms with Crippen LogP contribution in [0.2, 0.25) is 0 Å². The van der Waals surface area contributed by atoms with E-state index in [1.54, 1.807) is 54.2 Å². The van der Waals surface area contributed by atoms with Crippen molar-refractivity contribution in [2.45, 2.75) is 143 Å². The number of carbonyl (C=O) groups excluding carboxylic acids is 5. The Morgan fingerprint density at radius 1 is 0.536 bits per heavy atom. The van der Waals surface area contributed by atoms with Crippen LogP contribution in [0.1, 0.15) is 167 Å². The minimum atomic E-state index is -3.28. The Hall–Kier alpha value is -4.98. The van der Waals surface area contributed by atoms with Crippen molar-refractivity contribution in [3.63, 3.8) is 0 Å². The second-order valence-electron chi connectivity index (χ2n) is 19.4. The first-order chi connectivity index (χ1) is 40.3. The van der Waals surface area contributed by atoms with Crippen LogP contribution in [0, 0.1) is 0 Å². The van der Waals surface area contributed by atoms with E-state index in [0.717, 1.165) is 110 Å². The number of fused-ring (bicyclic) bond motifs is 4. The highest BCUT2D eigenvalue weighted by Crippen LogP contribution is 2.48. The smallest absolute Gasteiger partial charge is 0.369 e. The topological polar surface area (TPSA) is 206 Å². The van der Waals surface area contributed by atoms with Crippen molar-refractivity contribution in [2.75, 3.05) is 67.1 Å². The van der Waals surface area contributed by atoms with E-state index in [4.69, 9.17) is 37.5 Å². The molecule has 0 bridgehead atoms. The van der Waals surface area contributed by atoms with Gasteiger partial charge < -0.3 is 47.3 Å². The normalized spacial score (nSPS) is 15.7. The van der Waals surface area contributed by atoms with Gasteiger partial charge in [0.25, 0.3) is 0 Å². The lowest BCUT2D eigenvalue weighted by atomic mass is 9.81. The van der Waals surface area contributed by atoms with Gasteiger partial charge in [-0.2, -0.15) is 0 Å². The molecule has 4 aromatic rings. The maximum absolute atomic E-state index is 11.8. The fraction of sp³-hybridized carbons (Fsp3) is 0.508. The number of hydrogen-bond donors (Lipinski definition) is 1. The Kier molecular flexibility index (Phi) is 35.3. The third-order valence-corrected chi connectivity index (χ3v) is 15.6. The van der Waals surface area contributed by atoms with Gasteiger partial charge >= 0.3 is 34.7 Å². The quantitative estimate of drug-likeness (QED) is 0.0323. The summed E-state index contributed by atoms with van der Waals surface area (Å²) in [6.07, 6.45) is 14.3. The number of aromatic hydroxyl groups is 1. The molecule has 0 fully saturated rings.